The van der Waals surface area contributed by atoms with E-state index in [1.807, 2.05) is 130 Å². The number of carboxylic acid groups (broad SMARTS) is 1. The van der Waals surface area contributed by atoms with Crippen LogP contribution in [-0.4, -0.2) is 166 Å². The second kappa shape index (κ2) is 52.2. The van der Waals surface area contributed by atoms with Crippen LogP contribution < -0.4 is 28.7 Å². The molecule has 0 fully saturated rings. The van der Waals surface area contributed by atoms with E-state index in [4.69, 9.17) is 65.2 Å². The molecule has 5 atom stereocenters. The standard InChI is InChI=1S/C23H24N4O2S3.C21H19ClN2OS3.C21H19N3O3S3.C18H21N3O2S3.C17H17N5OS3.3CH4/c1-4-5-12-32(29)23-19(24)18-16(14-6-8-15(9-7-14)22(28)27(2)3)13-17(26-21(18)31-23)20-25-10-11-30-20;22-10-4-5-12-28(25)21-19(23)18-15(14-7-2-1-3-8-14)13-16(24-20(18)27-21)17-9-6-11-26-17;1-2-3-10-30(27)21-17(22)16-14(12-4-6-13(7-5-12)20(25)26)11-15(24-19(16)29-21)18-23-8-9-28-18;1-4-5-9-26(23)18-15(19)14-11(17(22)21(2)3)10-12(20-16(14)25-18)13-7-6-8-24-13;1-3-8-26(23)17-13(18)12-10(14-19-4-6-22(14)2)9-11(21-16(12)25-17)15-20-5-7-24-15;;;/h6-11,13H,4-5,12,24H2,1-3H3;1-3,6-9,11,13H,4-5,10,12,23H2;4-9,11H,2-3,10,22H2,1H3,(H,25,26);6-8,10H,4-5,9,19H2,1-3H3;4-7,9H,3,8,18H2,1-2H3;3*1H4. The molecule has 3 aromatic carbocycles. The zero-order valence-corrected chi connectivity index (χ0v) is 91.6. The van der Waals surface area contributed by atoms with Crippen molar-refractivity contribution in [3.63, 3.8) is 0 Å². The molecule has 0 aliphatic rings. The molecule has 0 saturated heterocycles. The third-order valence-corrected chi connectivity index (χ3v) is 41.6. The van der Waals surface area contributed by atoms with Gasteiger partial charge in [0.05, 0.1) is 115 Å². The average molecular weight is 2250 g/mol. The Kier molecular flexibility index (Phi) is 40.6. The van der Waals surface area contributed by atoms with Crippen molar-refractivity contribution in [1.82, 2.24) is 59.2 Å². The van der Waals surface area contributed by atoms with Crippen molar-refractivity contribution in [1.29, 1.82) is 0 Å². The fourth-order valence-electron chi connectivity index (χ4n) is 15.0. The van der Waals surface area contributed by atoms with Crippen LogP contribution in [0.2, 0.25) is 0 Å². The fraction of sp³-hybridized carbons (Fsp3) is 0.262. The number of thiazole rings is 3. The largest absolute Gasteiger partial charge is 0.478 e. The summed E-state index contributed by atoms with van der Waals surface area (Å²) in [6, 6.07) is 42.0. The Morgan fingerprint density at radius 2 is 0.717 bits per heavy atom. The number of carbonyl (C=O) groups is 3. The summed E-state index contributed by atoms with van der Waals surface area (Å²) in [5, 5.41) is 25.3. The summed E-state index contributed by atoms with van der Waals surface area (Å²) in [5.74, 6) is 3.11. The number of rotatable bonds is 32. The van der Waals surface area contributed by atoms with Crippen molar-refractivity contribution >= 4 is 276 Å². The van der Waals surface area contributed by atoms with Crippen LogP contribution >= 0.6 is 125 Å². The lowest BCUT2D eigenvalue weighted by atomic mass is 10.0. The van der Waals surface area contributed by atoms with Gasteiger partial charge >= 0.3 is 5.97 Å². The number of nitrogens with zero attached hydrogens (tertiary/aromatic N) is 12. The molecule has 0 bridgehead atoms. The molecule has 26 nitrogen and oxygen atoms in total. The van der Waals surface area contributed by atoms with E-state index in [1.165, 1.54) is 95.6 Å². The molecule has 145 heavy (non-hydrogen) atoms. The number of halogens is 1. The molecule has 0 aliphatic heterocycles. The van der Waals surface area contributed by atoms with Crippen molar-refractivity contribution in [3.8, 4) is 98.0 Å². The molecule has 0 radical (unpaired) electrons. The summed E-state index contributed by atoms with van der Waals surface area (Å²) in [7, 11) is 3.05. The number of amides is 2. The fourth-order valence-corrected chi connectivity index (χ4v) is 32.1. The van der Waals surface area contributed by atoms with E-state index < -0.39 is 60.0 Å². The number of nitrogens with two attached hydrogens (primary N) is 5. The number of nitrogen functional groups attached to an aromatic ring is 5. The summed E-state index contributed by atoms with van der Waals surface area (Å²) >= 11 is 20.4. The van der Waals surface area contributed by atoms with Crippen LogP contribution in [0.5, 0.6) is 0 Å². The lowest BCUT2D eigenvalue weighted by Gasteiger charge is -2.12. The number of alkyl halides is 1. The number of carbonyl (C=O) groups excluding carboxylic acids is 2. The van der Waals surface area contributed by atoms with Gasteiger partial charge in [0.2, 0.25) is 0 Å². The van der Waals surface area contributed by atoms with E-state index in [2.05, 4.69) is 65.0 Å². The molecule has 19 rings (SSSR count). The summed E-state index contributed by atoms with van der Waals surface area (Å²) < 4.78 is 69.1. The highest BCUT2D eigenvalue weighted by molar-refractivity contribution is 7.89. The minimum Gasteiger partial charge on any atom is -0.478 e. The summed E-state index contributed by atoms with van der Waals surface area (Å²) in [5.41, 5.74) is 46.6. The summed E-state index contributed by atoms with van der Waals surface area (Å²) in [4.78, 5) is 86.7. The van der Waals surface area contributed by atoms with Crippen LogP contribution in [0.3, 0.4) is 0 Å². The summed E-state index contributed by atoms with van der Waals surface area (Å²) in [6.45, 7) is 8.22. The number of pyridine rings is 5. The predicted octanol–water partition coefficient (Wildman–Crippen LogP) is 27.0. The molecule has 42 heteroatoms. The Labute approximate surface area is 900 Å². The molecule has 16 heterocycles. The zero-order chi connectivity index (χ0) is 101. The van der Waals surface area contributed by atoms with Crippen LogP contribution in [-0.2, 0) is 61.0 Å². The quantitative estimate of drug-likeness (QED) is 0.0168. The van der Waals surface area contributed by atoms with Gasteiger partial charge in [-0.05, 0) is 149 Å². The minimum atomic E-state index is -1.18. The van der Waals surface area contributed by atoms with Gasteiger partial charge < -0.3 is 48.1 Å². The maximum Gasteiger partial charge on any atom is 0.335 e. The van der Waals surface area contributed by atoms with Crippen LogP contribution in [0.15, 0.2) is 212 Å². The average Bonchev–Trinajstić information content (AvgIpc) is 1.61. The third kappa shape index (κ3) is 25.8. The lowest BCUT2D eigenvalue weighted by Crippen LogP contribution is -2.22. The molecule has 0 spiro atoms. The van der Waals surface area contributed by atoms with Crippen molar-refractivity contribution < 1.29 is 40.5 Å². The van der Waals surface area contributed by atoms with Gasteiger partial charge in [-0.25, -0.2) is 49.7 Å². The lowest BCUT2D eigenvalue weighted by molar-refractivity contribution is 0.0695. The molecule has 5 unspecified atom stereocenters. The Balaban J connectivity index is 0.000000161. The monoisotopic (exact) mass is 2250 g/mol. The van der Waals surface area contributed by atoms with Crippen LogP contribution in [0, 0.1) is 0 Å². The van der Waals surface area contributed by atoms with E-state index in [-0.39, 0.29) is 39.7 Å². The smallest absolute Gasteiger partial charge is 0.335 e. The first-order chi connectivity index (χ1) is 68.6. The highest BCUT2D eigenvalue weighted by atomic mass is 35.5. The SMILES string of the molecule is C.C.C.CCCCS(=O)c1sc2nc(-c3cccs3)cc(C(=O)N(C)C)c2c1N.CCCCS(=O)c1sc2nc(-c3nccs3)cc(-c3ccc(C(=O)N(C)C)cc3)c2c1N.CCCCS(=O)c1sc2nc(-c3nccs3)cc(-c3ccc(C(=O)O)cc3)c2c1N.CCCS(=O)c1sc2nc(-c3nccs3)cc(-c3nccn3C)c2c1N.Nc1c(S(=O)CCCCCl)sc2nc(-c3cccs3)cc(-c3ccccc3)c12. The van der Waals surface area contributed by atoms with Gasteiger partial charge in [0, 0.05) is 155 Å². The van der Waals surface area contributed by atoms with E-state index in [0.29, 0.717) is 112 Å². The molecular weight excluding hydrogens is 2140 g/mol. The Morgan fingerprint density at radius 3 is 1.06 bits per heavy atom. The molecule has 19 aromatic rings. The van der Waals surface area contributed by atoms with Crippen LogP contribution in [0.1, 0.15) is 139 Å². The zero-order valence-electron chi connectivity index (χ0n) is 78.6. The molecule has 2 amide bonds. The number of thiophene rings is 7. The van der Waals surface area contributed by atoms with Crippen molar-refractivity contribution in [3.05, 3.63) is 208 Å². The molecule has 760 valence electrons. The van der Waals surface area contributed by atoms with E-state index in [0.717, 1.165) is 190 Å². The van der Waals surface area contributed by atoms with Crippen molar-refractivity contribution in [2.75, 3.05) is 91.5 Å². The number of aromatic nitrogens is 10. The summed E-state index contributed by atoms with van der Waals surface area (Å²) in [6.07, 6.45) is 16.9. The Bertz CT molecular complexity index is 7800. The van der Waals surface area contributed by atoms with Gasteiger partial charge in [-0.15, -0.1) is 125 Å². The maximum atomic E-state index is 12.9. The second-order valence-corrected chi connectivity index (χ2v) is 51.2. The molecular formula is C103H112ClN17O9S15. The van der Waals surface area contributed by atoms with E-state index in [1.54, 1.807) is 111 Å². The van der Waals surface area contributed by atoms with Crippen LogP contribution in [0.4, 0.5) is 28.4 Å². The molecule has 16 aromatic heterocycles. The van der Waals surface area contributed by atoms with Gasteiger partial charge in [0.1, 0.15) is 83.1 Å². The van der Waals surface area contributed by atoms with Crippen LogP contribution in [0.25, 0.3) is 149 Å². The number of carboxylic acids is 1. The van der Waals surface area contributed by atoms with Crippen molar-refractivity contribution in [2.24, 2.45) is 7.05 Å². The number of imidazole rings is 1. The molecule has 0 saturated carbocycles. The van der Waals surface area contributed by atoms with E-state index >= 15 is 0 Å². The number of hydrogen-bond donors (Lipinski definition) is 6. The number of unbranched alkanes of at least 4 members (excludes halogenated alkanes) is 4. The maximum absolute atomic E-state index is 12.9. The molecule has 11 N–H and O–H groups in total. The second-order valence-electron chi connectivity index (χ2n) is 32.5. The molecule has 0 aliphatic carbocycles. The highest BCUT2D eigenvalue weighted by Gasteiger charge is 2.30. The number of aryl methyl sites for hydroxylation is 1. The van der Waals surface area contributed by atoms with Crippen molar-refractivity contribution in [2.45, 2.75) is 129 Å². The van der Waals surface area contributed by atoms with Gasteiger partial charge in [-0.1, -0.05) is 136 Å². The van der Waals surface area contributed by atoms with Gasteiger partial charge in [-0.2, -0.15) is 0 Å². The first-order valence-electron chi connectivity index (χ1n) is 44.9. The van der Waals surface area contributed by atoms with Gasteiger partial charge in [0.25, 0.3) is 11.8 Å². The minimum absolute atomic E-state index is 0. The number of benzene rings is 3. The Hall–Kier alpha value is -10.8. The number of aromatic carboxylic acids is 1. The normalized spacial score (nSPS) is 12.2. The van der Waals surface area contributed by atoms with Gasteiger partial charge in [-0.3, -0.25) is 30.6 Å². The topological polar surface area (TPSA) is 414 Å². The Morgan fingerprint density at radius 1 is 0.372 bits per heavy atom. The number of fused-ring (bicyclic) bond motifs is 5. The van der Waals surface area contributed by atoms with Gasteiger partial charge in [0.15, 0.2) is 0 Å². The van der Waals surface area contributed by atoms with E-state index in [9.17, 15) is 40.5 Å². The number of anilines is 5. The first kappa shape index (κ1) is 113. The first-order valence-corrected chi connectivity index (χ1v) is 60.5. The highest BCUT2D eigenvalue weighted by Crippen LogP contribution is 2.50. The number of hydrogen-bond acceptors (Lipinski definition) is 32. The predicted molar refractivity (Wildman–Crippen MR) is 623 cm³/mol. The third-order valence-electron chi connectivity index (χ3n) is 22.1.